The monoisotopic (exact) mass is 496 g/mol. The van der Waals surface area contributed by atoms with Gasteiger partial charge in [-0.2, -0.15) is 0 Å². The molecule has 3 rings (SSSR count). The van der Waals surface area contributed by atoms with Gasteiger partial charge in [0, 0.05) is 11.3 Å². The highest BCUT2D eigenvalue weighted by Gasteiger charge is 2.77. The van der Waals surface area contributed by atoms with Crippen LogP contribution in [0.5, 0.6) is 0 Å². The number of Topliss-reactive ketones (excluding diaryl/α,β-unsaturated/α-hetero) is 2. The van der Waals surface area contributed by atoms with Crippen molar-refractivity contribution in [3.8, 4) is 0 Å². The van der Waals surface area contributed by atoms with Crippen LogP contribution in [-0.4, -0.2) is 11.6 Å². The lowest BCUT2D eigenvalue weighted by Crippen LogP contribution is -2.43. The van der Waals surface area contributed by atoms with E-state index in [1.807, 2.05) is 0 Å². The number of rotatable bonds is 20. The van der Waals surface area contributed by atoms with E-state index in [1.165, 1.54) is 77.0 Å². The summed E-state index contributed by atoms with van der Waals surface area (Å²) in [5.41, 5.74) is -0.162. The average molecular weight is 497 g/mol. The van der Waals surface area contributed by atoms with E-state index in [-0.39, 0.29) is 11.3 Å². The van der Waals surface area contributed by atoms with Gasteiger partial charge >= 0.3 is 0 Å². The topological polar surface area (TPSA) is 34.1 Å². The Balaban J connectivity index is 1.97. The van der Waals surface area contributed by atoms with Crippen LogP contribution in [0, 0.1) is 22.2 Å². The van der Waals surface area contributed by atoms with Gasteiger partial charge in [0.05, 0.1) is 10.8 Å². The number of fused-ring (bicyclic) bond motifs is 5. The molecule has 3 aliphatic rings. The van der Waals surface area contributed by atoms with Crippen molar-refractivity contribution in [3.63, 3.8) is 0 Å². The minimum Gasteiger partial charge on any atom is -0.298 e. The second-order valence-corrected chi connectivity index (χ2v) is 12.4. The molecule has 0 aromatic rings. The second-order valence-electron chi connectivity index (χ2n) is 12.4. The van der Waals surface area contributed by atoms with E-state index in [4.69, 9.17) is 0 Å². The van der Waals surface area contributed by atoms with Gasteiger partial charge in [0.2, 0.25) is 0 Å². The first-order valence-electron chi connectivity index (χ1n) is 16.0. The third kappa shape index (κ3) is 5.35. The molecule has 0 aliphatic heterocycles. The van der Waals surface area contributed by atoms with Gasteiger partial charge in [0.15, 0.2) is 11.6 Å². The molecule has 0 amide bonds. The molecule has 2 nitrogen and oxygen atoms in total. The lowest BCUT2D eigenvalue weighted by molar-refractivity contribution is -0.132. The molecule has 0 spiro atoms. The Morgan fingerprint density at radius 3 is 1.72 bits per heavy atom. The van der Waals surface area contributed by atoms with Crippen LogP contribution in [0.25, 0.3) is 0 Å². The van der Waals surface area contributed by atoms with Gasteiger partial charge in [0.25, 0.3) is 0 Å². The molecule has 0 aromatic heterocycles. The van der Waals surface area contributed by atoms with Crippen molar-refractivity contribution in [2.45, 2.75) is 156 Å². The fourth-order valence-electron chi connectivity index (χ4n) is 8.08. The predicted octanol–water partition coefficient (Wildman–Crippen LogP) is 10.1. The van der Waals surface area contributed by atoms with Gasteiger partial charge in [0.1, 0.15) is 0 Å². The number of unbranched alkanes of at least 4 members (excludes halogenated alkanes) is 12. The quantitative estimate of drug-likeness (QED) is 0.124. The molecular formula is C34H56O2. The van der Waals surface area contributed by atoms with Gasteiger partial charge in [-0.1, -0.05) is 142 Å². The van der Waals surface area contributed by atoms with E-state index < -0.39 is 10.8 Å². The fourth-order valence-corrected chi connectivity index (χ4v) is 8.08. The standard InChI is InChI=1S/C34H56O2/c1-5-9-13-17-21-28-27-34(24-20-16-12-8-4)30(29(28)35)32(22-18-14-10-6-2)25-26-33(34,31(32)36)23-19-15-11-7-3/h25-27,30H,5-24H2,1-4H3. The number of hydrogen-bond acceptors (Lipinski definition) is 2. The molecule has 4 unspecified atom stereocenters. The van der Waals surface area contributed by atoms with Gasteiger partial charge in [-0.15, -0.1) is 0 Å². The summed E-state index contributed by atoms with van der Waals surface area (Å²) in [7, 11) is 0. The molecule has 2 bridgehead atoms. The Bertz CT molecular complexity index is 791. The lowest BCUT2D eigenvalue weighted by Gasteiger charge is -2.44. The van der Waals surface area contributed by atoms with E-state index in [9.17, 15) is 9.59 Å². The number of carbonyl (C=O) groups is 2. The van der Waals surface area contributed by atoms with Crippen molar-refractivity contribution in [2.24, 2.45) is 22.2 Å². The van der Waals surface area contributed by atoms with Crippen LogP contribution in [0.2, 0.25) is 0 Å². The Morgan fingerprint density at radius 1 is 0.611 bits per heavy atom. The lowest BCUT2D eigenvalue weighted by atomic mass is 9.56. The molecule has 0 radical (unpaired) electrons. The van der Waals surface area contributed by atoms with Crippen molar-refractivity contribution in [2.75, 3.05) is 0 Å². The molecule has 1 saturated carbocycles. The molecule has 0 saturated heterocycles. The summed E-state index contributed by atoms with van der Waals surface area (Å²) in [5, 5.41) is 0. The smallest absolute Gasteiger partial charge is 0.163 e. The number of hydrogen-bond donors (Lipinski definition) is 0. The summed E-state index contributed by atoms with van der Waals surface area (Å²) < 4.78 is 0. The number of ketones is 2. The SMILES string of the molecule is CCCCCCC1=CC2(CCCCCC)C(C1=O)C1(CCCCCC)C=CC2(CCCCCC)C1=O. The molecule has 0 N–H and O–H groups in total. The van der Waals surface area contributed by atoms with E-state index in [0.717, 1.165) is 56.9 Å². The van der Waals surface area contributed by atoms with Crippen molar-refractivity contribution >= 4 is 11.6 Å². The minimum atomic E-state index is -0.540. The summed E-state index contributed by atoms with van der Waals surface area (Å²) in [6.45, 7) is 9.00. The molecule has 3 aliphatic carbocycles. The van der Waals surface area contributed by atoms with E-state index in [1.54, 1.807) is 0 Å². The number of carbonyl (C=O) groups excluding carboxylic acids is 2. The van der Waals surface area contributed by atoms with Crippen LogP contribution >= 0.6 is 0 Å². The Morgan fingerprint density at radius 2 is 1.14 bits per heavy atom. The van der Waals surface area contributed by atoms with E-state index >= 15 is 0 Å². The fraction of sp³-hybridized carbons (Fsp3) is 0.824. The zero-order valence-electron chi connectivity index (χ0n) is 24.3. The second kappa shape index (κ2) is 13.6. The highest BCUT2D eigenvalue weighted by Crippen LogP contribution is 2.75. The molecule has 1 fully saturated rings. The first-order valence-corrected chi connectivity index (χ1v) is 16.0. The van der Waals surface area contributed by atoms with Crippen LogP contribution in [0.1, 0.15) is 156 Å². The van der Waals surface area contributed by atoms with Crippen LogP contribution < -0.4 is 0 Å². The zero-order chi connectivity index (χ0) is 26.1. The van der Waals surface area contributed by atoms with Crippen LogP contribution in [0.15, 0.2) is 23.8 Å². The maximum Gasteiger partial charge on any atom is 0.163 e. The summed E-state index contributed by atoms with van der Waals surface area (Å²) in [6.07, 6.45) is 29.8. The third-order valence-electron chi connectivity index (χ3n) is 9.98. The first kappa shape index (κ1) is 29.4. The zero-order valence-corrected chi connectivity index (χ0v) is 24.3. The third-order valence-corrected chi connectivity index (χ3v) is 9.98. The van der Waals surface area contributed by atoms with Crippen LogP contribution in [0.4, 0.5) is 0 Å². The maximum atomic E-state index is 14.6. The Hall–Kier alpha value is -1.18. The van der Waals surface area contributed by atoms with Gasteiger partial charge in [-0.3, -0.25) is 9.59 Å². The predicted molar refractivity (Wildman–Crippen MR) is 153 cm³/mol. The normalized spacial score (nSPS) is 30.4. The molecule has 2 heteroatoms. The van der Waals surface area contributed by atoms with E-state index in [2.05, 4.69) is 45.9 Å². The number of allylic oxidation sites excluding steroid dienone is 4. The minimum absolute atomic E-state index is 0.127. The largest absolute Gasteiger partial charge is 0.298 e. The van der Waals surface area contributed by atoms with Gasteiger partial charge in [-0.25, -0.2) is 0 Å². The molecule has 4 atom stereocenters. The summed E-state index contributed by atoms with van der Waals surface area (Å²) in [5.74, 6) is 0.654. The molecule has 0 heterocycles. The van der Waals surface area contributed by atoms with Crippen molar-refractivity contribution in [1.29, 1.82) is 0 Å². The highest BCUT2D eigenvalue weighted by atomic mass is 16.1. The van der Waals surface area contributed by atoms with Crippen molar-refractivity contribution < 1.29 is 9.59 Å². The molecule has 204 valence electrons. The molecule has 0 aromatic carbocycles. The van der Waals surface area contributed by atoms with Crippen molar-refractivity contribution in [1.82, 2.24) is 0 Å². The van der Waals surface area contributed by atoms with Crippen molar-refractivity contribution in [3.05, 3.63) is 23.8 Å². The van der Waals surface area contributed by atoms with Crippen LogP contribution in [-0.2, 0) is 9.59 Å². The molecular weight excluding hydrogens is 440 g/mol. The summed E-state index contributed by atoms with van der Waals surface area (Å²) in [4.78, 5) is 28.8. The summed E-state index contributed by atoms with van der Waals surface area (Å²) in [6, 6.07) is 0. The molecule has 36 heavy (non-hydrogen) atoms. The Labute approximate surface area is 223 Å². The first-order chi connectivity index (χ1) is 17.5. The Kier molecular flexibility index (Phi) is 11.1. The average Bonchev–Trinajstić information content (AvgIpc) is 3.39. The van der Waals surface area contributed by atoms with Crippen LogP contribution in [0.3, 0.4) is 0 Å². The van der Waals surface area contributed by atoms with Gasteiger partial charge < -0.3 is 0 Å². The van der Waals surface area contributed by atoms with Gasteiger partial charge in [-0.05, 0) is 37.7 Å². The maximum absolute atomic E-state index is 14.6. The highest BCUT2D eigenvalue weighted by molar-refractivity contribution is 6.13. The summed E-state index contributed by atoms with van der Waals surface area (Å²) >= 11 is 0. The van der Waals surface area contributed by atoms with E-state index in [0.29, 0.717) is 11.6 Å².